The summed E-state index contributed by atoms with van der Waals surface area (Å²) in [5, 5.41) is 6.96. The smallest absolute Gasteiger partial charge is 0.235 e. The molecule has 0 unspecified atom stereocenters. The van der Waals surface area contributed by atoms with E-state index < -0.39 is 5.92 Å². The molecule has 2 aromatic rings. The molecular formula is C13H10N2O5. The number of aromatic nitrogens is 1. The average molecular weight is 274 g/mol. The van der Waals surface area contributed by atoms with Gasteiger partial charge in [-0.3, -0.25) is 14.9 Å². The highest BCUT2D eigenvalue weighted by Gasteiger charge is 2.34. The molecule has 0 aliphatic carbocycles. The van der Waals surface area contributed by atoms with E-state index in [1.165, 1.54) is 0 Å². The van der Waals surface area contributed by atoms with Crippen LogP contribution in [0.4, 0.5) is 0 Å². The monoisotopic (exact) mass is 274 g/mol. The molecule has 2 aliphatic heterocycles. The van der Waals surface area contributed by atoms with E-state index in [-0.39, 0.29) is 25.0 Å². The van der Waals surface area contributed by atoms with Crippen LogP contribution in [0.2, 0.25) is 0 Å². The van der Waals surface area contributed by atoms with E-state index in [9.17, 15) is 9.59 Å². The molecule has 4 rings (SSSR count). The number of ether oxygens (including phenoxy) is 2. The van der Waals surface area contributed by atoms with Crippen molar-refractivity contribution in [2.75, 3.05) is 6.79 Å². The van der Waals surface area contributed by atoms with Gasteiger partial charge in [-0.25, -0.2) is 0 Å². The number of fused-ring (bicyclic) bond motifs is 3. The van der Waals surface area contributed by atoms with Crippen LogP contribution in [0.25, 0.3) is 11.0 Å². The molecule has 0 spiro atoms. The van der Waals surface area contributed by atoms with Crippen molar-refractivity contribution in [2.24, 2.45) is 0 Å². The summed E-state index contributed by atoms with van der Waals surface area (Å²) in [5.41, 5.74) is 1.03. The van der Waals surface area contributed by atoms with Gasteiger partial charge in [-0.2, -0.15) is 0 Å². The van der Waals surface area contributed by atoms with Crippen LogP contribution in [-0.2, 0) is 9.59 Å². The second-order valence-electron chi connectivity index (χ2n) is 4.74. The van der Waals surface area contributed by atoms with Gasteiger partial charge in [0.15, 0.2) is 17.1 Å². The first-order chi connectivity index (χ1) is 9.74. The Labute approximate surface area is 112 Å². The number of nitrogens with zero attached hydrogens (tertiary/aromatic N) is 1. The first-order valence-corrected chi connectivity index (χ1v) is 6.25. The Balaban J connectivity index is 1.86. The van der Waals surface area contributed by atoms with Crippen molar-refractivity contribution in [1.29, 1.82) is 0 Å². The minimum Gasteiger partial charge on any atom is -0.454 e. The third kappa shape index (κ3) is 1.49. The molecule has 102 valence electrons. The van der Waals surface area contributed by atoms with Gasteiger partial charge in [-0.15, -0.1) is 0 Å². The summed E-state index contributed by atoms with van der Waals surface area (Å²) in [6.45, 7) is 0.133. The second-order valence-corrected chi connectivity index (χ2v) is 4.74. The van der Waals surface area contributed by atoms with Crippen molar-refractivity contribution in [3.63, 3.8) is 0 Å². The Hall–Kier alpha value is -2.57. The number of amides is 2. The van der Waals surface area contributed by atoms with E-state index in [1.807, 2.05) is 0 Å². The van der Waals surface area contributed by atoms with Crippen LogP contribution in [0.1, 0.15) is 24.5 Å². The largest absolute Gasteiger partial charge is 0.454 e. The molecule has 7 nitrogen and oxygen atoms in total. The van der Waals surface area contributed by atoms with Crippen LogP contribution in [0.3, 0.4) is 0 Å². The third-order valence-corrected chi connectivity index (χ3v) is 3.57. The van der Waals surface area contributed by atoms with Crippen molar-refractivity contribution < 1.29 is 23.6 Å². The molecule has 0 saturated carbocycles. The molecule has 0 bridgehead atoms. The van der Waals surface area contributed by atoms with E-state index >= 15 is 0 Å². The zero-order chi connectivity index (χ0) is 13.7. The summed E-state index contributed by atoms with van der Waals surface area (Å²) in [6.07, 6.45) is 0.702. The predicted molar refractivity (Wildman–Crippen MR) is 65.3 cm³/mol. The normalized spacial score (nSPS) is 21.3. The predicted octanol–water partition coefficient (Wildman–Crippen LogP) is 1.08. The summed E-state index contributed by atoms with van der Waals surface area (Å²) < 4.78 is 16.0. The highest BCUT2D eigenvalue weighted by atomic mass is 16.7. The molecule has 1 atom stereocenters. The van der Waals surface area contributed by atoms with Gasteiger partial charge >= 0.3 is 0 Å². The average Bonchev–Trinajstić information content (AvgIpc) is 3.03. The molecule has 1 saturated heterocycles. The lowest BCUT2D eigenvalue weighted by Crippen LogP contribution is -2.39. The molecule has 7 heteroatoms. The summed E-state index contributed by atoms with van der Waals surface area (Å²) in [4.78, 5) is 23.2. The third-order valence-electron chi connectivity index (χ3n) is 3.57. The van der Waals surface area contributed by atoms with E-state index in [0.717, 1.165) is 0 Å². The summed E-state index contributed by atoms with van der Waals surface area (Å²) in [5.74, 6) is 0.0270. The van der Waals surface area contributed by atoms with Gasteiger partial charge in [0.25, 0.3) is 0 Å². The van der Waals surface area contributed by atoms with E-state index in [1.54, 1.807) is 12.1 Å². The van der Waals surface area contributed by atoms with Crippen LogP contribution in [0, 0.1) is 0 Å². The maximum atomic E-state index is 12.0. The van der Waals surface area contributed by atoms with E-state index in [0.29, 0.717) is 34.6 Å². The molecule has 20 heavy (non-hydrogen) atoms. The highest BCUT2D eigenvalue weighted by molar-refractivity contribution is 6.03. The van der Waals surface area contributed by atoms with Crippen LogP contribution < -0.4 is 14.8 Å². The van der Waals surface area contributed by atoms with E-state index in [4.69, 9.17) is 14.0 Å². The van der Waals surface area contributed by atoms with Crippen LogP contribution in [-0.4, -0.2) is 23.8 Å². The number of nitrogens with one attached hydrogen (secondary N) is 1. The zero-order valence-electron chi connectivity index (χ0n) is 10.3. The molecule has 1 aromatic carbocycles. The van der Waals surface area contributed by atoms with Crippen molar-refractivity contribution >= 4 is 22.8 Å². The number of imide groups is 1. The van der Waals surface area contributed by atoms with E-state index in [2.05, 4.69) is 10.5 Å². The van der Waals surface area contributed by atoms with Gasteiger partial charge in [0.05, 0.1) is 11.3 Å². The minimum atomic E-state index is -0.510. The van der Waals surface area contributed by atoms with Crippen LogP contribution >= 0.6 is 0 Å². The number of benzene rings is 1. The van der Waals surface area contributed by atoms with Gasteiger partial charge in [0, 0.05) is 6.42 Å². The van der Waals surface area contributed by atoms with Gasteiger partial charge in [-0.05, 0) is 18.6 Å². The van der Waals surface area contributed by atoms with Crippen molar-refractivity contribution in [1.82, 2.24) is 10.5 Å². The Bertz CT molecular complexity index is 736. The molecule has 2 amide bonds. The Morgan fingerprint density at radius 1 is 1.25 bits per heavy atom. The highest BCUT2D eigenvalue weighted by Crippen LogP contribution is 2.43. The van der Waals surface area contributed by atoms with Gasteiger partial charge in [0.2, 0.25) is 18.6 Å². The quantitative estimate of drug-likeness (QED) is 0.782. The first kappa shape index (κ1) is 11.3. The first-order valence-electron chi connectivity index (χ1n) is 6.25. The van der Waals surface area contributed by atoms with Crippen LogP contribution in [0.5, 0.6) is 11.5 Å². The Kier molecular flexibility index (Phi) is 2.23. The lowest BCUT2D eigenvalue weighted by Gasteiger charge is -2.18. The molecule has 1 N–H and O–H groups in total. The Morgan fingerprint density at radius 3 is 3.00 bits per heavy atom. The SMILES string of the molecule is O=C1CC[C@@H](c2noc3ccc4c(c23)OCO4)C(=O)N1. The van der Waals surface area contributed by atoms with Gasteiger partial charge in [-0.1, -0.05) is 5.16 Å². The maximum Gasteiger partial charge on any atom is 0.235 e. The summed E-state index contributed by atoms with van der Waals surface area (Å²) >= 11 is 0. The lowest BCUT2D eigenvalue weighted by molar-refractivity contribution is -0.134. The molecule has 1 fully saturated rings. The molecule has 1 aromatic heterocycles. The number of hydrogen-bond acceptors (Lipinski definition) is 6. The Morgan fingerprint density at radius 2 is 2.15 bits per heavy atom. The molecule has 0 radical (unpaired) electrons. The maximum absolute atomic E-state index is 12.0. The summed E-state index contributed by atoms with van der Waals surface area (Å²) in [6, 6.07) is 3.47. The summed E-state index contributed by atoms with van der Waals surface area (Å²) in [7, 11) is 0. The van der Waals surface area contributed by atoms with Gasteiger partial charge in [0.1, 0.15) is 5.69 Å². The number of rotatable bonds is 1. The fourth-order valence-electron chi connectivity index (χ4n) is 2.61. The second kappa shape index (κ2) is 3.96. The van der Waals surface area contributed by atoms with Crippen molar-refractivity contribution in [2.45, 2.75) is 18.8 Å². The fraction of sp³-hybridized carbons (Fsp3) is 0.308. The number of carbonyl (C=O) groups excluding carboxylic acids is 2. The fourth-order valence-corrected chi connectivity index (χ4v) is 2.61. The number of carbonyl (C=O) groups is 2. The molecule has 2 aliphatic rings. The molecule has 3 heterocycles. The van der Waals surface area contributed by atoms with Crippen molar-refractivity contribution in [3.05, 3.63) is 17.8 Å². The standard InChI is InChI=1S/C13H10N2O5/c16-9-4-1-6(13(17)14-9)11-10-7(20-15-11)2-3-8-12(10)19-5-18-8/h2-3,6H,1,4-5H2,(H,14,16,17)/t6-/m0/s1. The number of piperidine rings is 1. The number of hydrogen-bond donors (Lipinski definition) is 1. The van der Waals surface area contributed by atoms with Crippen LogP contribution in [0.15, 0.2) is 16.7 Å². The topological polar surface area (TPSA) is 90.7 Å². The van der Waals surface area contributed by atoms with Crippen molar-refractivity contribution in [3.8, 4) is 11.5 Å². The lowest BCUT2D eigenvalue weighted by atomic mass is 9.92. The zero-order valence-corrected chi connectivity index (χ0v) is 10.3. The molecular weight excluding hydrogens is 264 g/mol. The van der Waals surface area contributed by atoms with Gasteiger partial charge < -0.3 is 14.0 Å². The minimum absolute atomic E-state index is 0.133.